The Bertz CT molecular complexity index is 625. The molecule has 6 heteroatoms. The van der Waals surface area contributed by atoms with Gasteiger partial charge in [-0.15, -0.1) is 0 Å². The summed E-state index contributed by atoms with van der Waals surface area (Å²) in [5, 5.41) is 9.14. The van der Waals surface area contributed by atoms with Gasteiger partial charge in [0.05, 0.1) is 13.0 Å². The maximum atomic E-state index is 12.4. The Labute approximate surface area is 147 Å². The molecule has 1 aromatic rings. The molecular formula is C19H25NO5. The minimum absolute atomic E-state index is 0.00874. The fourth-order valence-corrected chi connectivity index (χ4v) is 3.12. The Morgan fingerprint density at radius 3 is 2.44 bits per heavy atom. The zero-order chi connectivity index (χ0) is 18.4. The van der Waals surface area contributed by atoms with E-state index >= 15 is 0 Å². The molecule has 0 radical (unpaired) electrons. The van der Waals surface area contributed by atoms with Gasteiger partial charge < -0.3 is 14.7 Å². The Balaban J connectivity index is 1.82. The van der Waals surface area contributed by atoms with Gasteiger partial charge in [0.2, 0.25) is 5.91 Å². The van der Waals surface area contributed by atoms with Gasteiger partial charge in [-0.05, 0) is 50.5 Å². The van der Waals surface area contributed by atoms with Crippen molar-refractivity contribution in [2.75, 3.05) is 13.7 Å². The number of benzene rings is 1. The highest BCUT2D eigenvalue weighted by Crippen LogP contribution is 2.23. The summed E-state index contributed by atoms with van der Waals surface area (Å²) in [7, 11) is 1.57. The average Bonchev–Trinajstić information content (AvgIpc) is 2.61. The monoisotopic (exact) mass is 347 g/mol. The molecule has 2 unspecified atom stereocenters. The zero-order valence-corrected chi connectivity index (χ0v) is 14.7. The summed E-state index contributed by atoms with van der Waals surface area (Å²) >= 11 is 0. The molecule has 1 fully saturated rings. The molecule has 2 rings (SSSR count). The lowest BCUT2D eigenvalue weighted by molar-refractivity contribution is -0.147. The van der Waals surface area contributed by atoms with E-state index < -0.39 is 11.9 Å². The Morgan fingerprint density at radius 1 is 1.16 bits per heavy atom. The van der Waals surface area contributed by atoms with Crippen LogP contribution in [0.4, 0.5) is 0 Å². The molecule has 136 valence electrons. The van der Waals surface area contributed by atoms with Gasteiger partial charge >= 0.3 is 5.97 Å². The van der Waals surface area contributed by atoms with E-state index in [1.165, 1.54) is 0 Å². The number of piperidine rings is 1. The number of Topliss-reactive ketones (excluding diaryl/α,β-unsaturated/α-hetero) is 1. The van der Waals surface area contributed by atoms with E-state index in [0.29, 0.717) is 37.0 Å². The first-order valence-corrected chi connectivity index (χ1v) is 8.62. The SMILES string of the molecule is COc1ccc(C(=O)CCCC(=O)N2CC(C(=O)O)CCC2C)cc1. The van der Waals surface area contributed by atoms with Crippen molar-refractivity contribution < 1.29 is 24.2 Å². The first kappa shape index (κ1) is 19.0. The fraction of sp³-hybridized carbons (Fsp3) is 0.526. The van der Waals surface area contributed by atoms with Crippen molar-refractivity contribution in [3.05, 3.63) is 29.8 Å². The van der Waals surface area contributed by atoms with Crippen molar-refractivity contribution in [3.63, 3.8) is 0 Å². The number of carboxylic acids is 1. The third kappa shape index (κ3) is 5.05. The Hall–Kier alpha value is -2.37. The summed E-state index contributed by atoms with van der Waals surface area (Å²) in [6.45, 7) is 2.21. The van der Waals surface area contributed by atoms with Crippen LogP contribution in [0.25, 0.3) is 0 Å². The zero-order valence-electron chi connectivity index (χ0n) is 14.7. The molecule has 2 atom stereocenters. The number of aliphatic carboxylic acids is 1. The van der Waals surface area contributed by atoms with Crippen LogP contribution >= 0.6 is 0 Å². The number of carbonyl (C=O) groups is 3. The standard InChI is InChI=1S/C19H25NO5/c1-13-6-7-15(19(23)24)12-20(13)18(22)5-3-4-17(21)14-8-10-16(25-2)11-9-14/h8-11,13,15H,3-7,12H2,1-2H3,(H,23,24). The smallest absolute Gasteiger partial charge is 0.308 e. The summed E-state index contributed by atoms with van der Waals surface area (Å²) in [5.74, 6) is -0.717. The minimum atomic E-state index is -0.848. The highest BCUT2D eigenvalue weighted by Gasteiger charge is 2.32. The summed E-state index contributed by atoms with van der Waals surface area (Å²) in [5.41, 5.74) is 0.602. The number of carboxylic acid groups (broad SMARTS) is 1. The number of nitrogens with zero attached hydrogens (tertiary/aromatic N) is 1. The highest BCUT2D eigenvalue weighted by molar-refractivity contribution is 5.96. The number of carbonyl (C=O) groups excluding carboxylic acids is 2. The number of amides is 1. The molecule has 1 aromatic carbocycles. The van der Waals surface area contributed by atoms with Gasteiger partial charge in [-0.25, -0.2) is 0 Å². The highest BCUT2D eigenvalue weighted by atomic mass is 16.5. The van der Waals surface area contributed by atoms with Crippen LogP contribution in [-0.2, 0) is 9.59 Å². The number of rotatable bonds is 7. The summed E-state index contributed by atoms with van der Waals surface area (Å²) in [4.78, 5) is 37.3. The molecule has 1 aliphatic rings. The van der Waals surface area contributed by atoms with Crippen LogP contribution < -0.4 is 4.74 Å². The van der Waals surface area contributed by atoms with Gasteiger partial charge in [-0.1, -0.05) is 0 Å². The number of likely N-dealkylation sites (tertiary alicyclic amines) is 1. The molecule has 0 saturated carbocycles. The van der Waals surface area contributed by atoms with E-state index in [4.69, 9.17) is 9.84 Å². The molecule has 1 saturated heterocycles. The lowest BCUT2D eigenvalue weighted by Crippen LogP contribution is -2.47. The van der Waals surface area contributed by atoms with Crippen LogP contribution in [0.15, 0.2) is 24.3 Å². The van der Waals surface area contributed by atoms with E-state index in [1.807, 2.05) is 6.92 Å². The predicted molar refractivity (Wildman–Crippen MR) is 92.7 cm³/mol. The van der Waals surface area contributed by atoms with E-state index in [9.17, 15) is 14.4 Å². The molecule has 1 aliphatic heterocycles. The van der Waals surface area contributed by atoms with Crippen molar-refractivity contribution in [3.8, 4) is 5.75 Å². The fourth-order valence-electron chi connectivity index (χ4n) is 3.12. The quantitative estimate of drug-likeness (QED) is 0.767. The van der Waals surface area contributed by atoms with Gasteiger partial charge in [-0.3, -0.25) is 14.4 Å². The van der Waals surface area contributed by atoms with Crippen LogP contribution in [0.2, 0.25) is 0 Å². The van der Waals surface area contributed by atoms with Gasteiger partial charge in [-0.2, -0.15) is 0 Å². The van der Waals surface area contributed by atoms with Crippen LogP contribution in [-0.4, -0.2) is 47.4 Å². The van der Waals surface area contributed by atoms with Crippen molar-refractivity contribution in [1.29, 1.82) is 0 Å². The molecule has 6 nitrogen and oxygen atoms in total. The molecule has 1 N–H and O–H groups in total. The van der Waals surface area contributed by atoms with E-state index in [0.717, 1.165) is 0 Å². The number of hydrogen-bond donors (Lipinski definition) is 1. The third-order valence-corrected chi connectivity index (χ3v) is 4.76. The molecule has 0 spiro atoms. The first-order valence-electron chi connectivity index (χ1n) is 8.62. The second-order valence-electron chi connectivity index (χ2n) is 6.51. The minimum Gasteiger partial charge on any atom is -0.497 e. The van der Waals surface area contributed by atoms with Gasteiger partial charge in [0.25, 0.3) is 0 Å². The summed E-state index contributed by atoms with van der Waals surface area (Å²) < 4.78 is 5.06. The molecule has 1 amide bonds. The van der Waals surface area contributed by atoms with Crippen molar-refractivity contribution in [2.24, 2.45) is 5.92 Å². The largest absolute Gasteiger partial charge is 0.497 e. The first-order chi connectivity index (χ1) is 11.9. The third-order valence-electron chi connectivity index (χ3n) is 4.76. The molecule has 0 aromatic heterocycles. The van der Waals surface area contributed by atoms with E-state index in [-0.39, 0.29) is 30.7 Å². The molecule has 0 aliphatic carbocycles. The number of ketones is 1. The maximum absolute atomic E-state index is 12.4. The normalized spacial score (nSPS) is 20.2. The van der Waals surface area contributed by atoms with Crippen LogP contribution in [0.1, 0.15) is 49.4 Å². The molecular weight excluding hydrogens is 322 g/mol. The van der Waals surface area contributed by atoms with Gasteiger partial charge in [0, 0.05) is 31.0 Å². The lowest BCUT2D eigenvalue weighted by Gasteiger charge is -2.36. The number of methoxy groups -OCH3 is 1. The Morgan fingerprint density at radius 2 is 1.84 bits per heavy atom. The second-order valence-corrected chi connectivity index (χ2v) is 6.51. The average molecular weight is 347 g/mol. The summed E-state index contributed by atoms with van der Waals surface area (Å²) in [6, 6.07) is 6.96. The molecule has 0 bridgehead atoms. The summed E-state index contributed by atoms with van der Waals surface area (Å²) in [6.07, 6.45) is 2.33. The number of ether oxygens (including phenoxy) is 1. The van der Waals surface area contributed by atoms with Crippen molar-refractivity contribution >= 4 is 17.7 Å². The maximum Gasteiger partial charge on any atom is 0.308 e. The van der Waals surface area contributed by atoms with Crippen LogP contribution in [0, 0.1) is 5.92 Å². The van der Waals surface area contributed by atoms with E-state index in [1.54, 1.807) is 36.3 Å². The topological polar surface area (TPSA) is 83.9 Å². The van der Waals surface area contributed by atoms with Gasteiger partial charge in [0.15, 0.2) is 5.78 Å². The van der Waals surface area contributed by atoms with Crippen molar-refractivity contribution in [1.82, 2.24) is 4.90 Å². The van der Waals surface area contributed by atoms with Crippen molar-refractivity contribution in [2.45, 2.75) is 45.1 Å². The molecule has 1 heterocycles. The number of hydrogen-bond acceptors (Lipinski definition) is 4. The second kappa shape index (κ2) is 8.65. The van der Waals surface area contributed by atoms with Crippen LogP contribution in [0.5, 0.6) is 5.75 Å². The predicted octanol–water partition coefficient (Wildman–Crippen LogP) is 2.76. The molecule has 25 heavy (non-hydrogen) atoms. The Kier molecular flexibility index (Phi) is 6.56. The van der Waals surface area contributed by atoms with Gasteiger partial charge in [0.1, 0.15) is 5.75 Å². The van der Waals surface area contributed by atoms with Crippen LogP contribution in [0.3, 0.4) is 0 Å². The van der Waals surface area contributed by atoms with E-state index in [2.05, 4.69) is 0 Å². The lowest BCUT2D eigenvalue weighted by atomic mass is 9.93.